The Morgan fingerprint density at radius 1 is 1.15 bits per heavy atom. The average Bonchev–Trinajstić information content (AvgIpc) is 2.77. The number of rotatable bonds is 2. The van der Waals surface area contributed by atoms with Crippen molar-refractivity contribution in [2.45, 2.75) is 4.90 Å². The molecule has 1 N–H and O–H groups in total. The van der Waals surface area contributed by atoms with Crippen LogP contribution in [0, 0.1) is 0 Å². The van der Waals surface area contributed by atoms with Crippen molar-refractivity contribution < 1.29 is 13.2 Å². The summed E-state index contributed by atoms with van der Waals surface area (Å²) in [7, 11) is -3.37. The van der Waals surface area contributed by atoms with Crippen molar-refractivity contribution in [3.8, 4) is 0 Å². The van der Waals surface area contributed by atoms with Crippen LogP contribution in [0.15, 0.2) is 53.0 Å². The maximum absolute atomic E-state index is 12.1. The SMILES string of the molecule is O=C(Nc1cccc2c1C=CS2(=O)=O)c1cccnc1. The lowest BCUT2D eigenvalue weighted by atomic mass is 10.1. The number of hydrogen-bond donors (Lipinski definition) is 1. The molecule has 1 amide bonds. The highest BCUT2D eigenvalue weighted by Crippen LogP contribution is 2.32. The van der Waals surface area contributed by atoms with Gasteiger partial charge in [-0.05, 0) is 30.3 Å². The Kier molecular flexibility index (Phi) is 2.87. The fourth-order valence-electron chi connectivity index (χ4n) is 2.00. The highest BCUT2D eigenvalue weighted by Gasteiger charge is 2.23. The lowest BCUT2D eigenvalue weighted by molar-refractivity contribution is 0.102. The molecule has 1 aromatic carbocycles. The first kappa shape index (κ1) is 12.6. The number of carbonyl (C=O) groups excluding carboxylic acids is 1. The Bertz CT molecular complexity index is 812. The van der Waals surface area contributed by atoms with E-state index < -0.39 is 9.84 Å². The lowest BCUT2D eigenvalue weighted by Crippen LogP contribution is -2.13. The number of fused-ring (bicyclic) bond motifs is 1. The normalized spacial score (nSPS) is 14.8. The van der Waals surface area contributed by atoms with E-state index in [1.807, 2.05) is 0 Å². The largest absolute Gasteiger partial charge is 0.321 e. The minimum absolute atomic E-state index is 0.210. The van der Waals surface area contributed by atoms with E-state index in [1.54, 1.807) is 30.5 Å². The zero-order chi connectivity index (χ0) is 14.2. The molecule has 100 valence electrons. The van der Waals surface area contributed by atoms with Crippen LogP contribution in [0.5, 0.6) is 0 Å². The number of carbonyl (C=O) groups is 1. The summed E-state index contributed by atoms with van der Waals surface area (Å²) in [5.41, 5.74) is 1.38. The standard InChI is InChI=1S/C14H10N2O3S/c17-14(10-3-2-7-15-9-10)16-12-4-1-5-13-11(12)6-8-20(13,18)19/h1-9H,(H,16,17). The van der Waals surface area contributed by atoms with Gasteiger partial charge in [0.2, 0.25) is 9.84 Å². The van der Waals surface area contributed by atoms with Crippen molar-refractivity contribution in [2.24, 2.45) is 0 Å². The molecule has 0 radical (unpaired) electrons. The molecule has 1 aromatic heterocycles. The van der Waals surface area contributed by atoms with Gasteiger partial charge in [0.15, 0.2) is 0 Å². The minimum Gasteiger partial charge on any atom is -0.321 e. The Morgan fingerprint density at radius 3 is 2.75 bits per heavy atom. The molecule has 6 heteroatoms. The molecule has 2 heterocycles. The molecule has 0 saturated carbocycles. The quantitative estimate of drug-likeness (QED) is 0.917. The van der Waals surface area contributed by atoms with Crippen LogP contribution in [-0.2, 0) is 9.84 Å². The minimum atomic E-state index is -3.37. The van der Waals surface area contributed by atoms with Gasteiger partial charge in [0.25, 0.3) is 5.91 Å². The molecule has 5 nitrogen and oxygen atoms in total. The van der Waals surface area contributed by atoms with Crippen molar-refractivity contribution in [2.75, 3.05) is 5.32 Å². The Morgan fingerprint density at radius 2 is 2.00 bits per heavy atom. The van der Waals surface area contributed by atoms with Crippen LogP contribution in [0.3, 0.4) is 0 Å². The third kappa shape index (κ3) is 2.10. The van der Waals surface area contributed by atoms with E-state index in [0.717, 1.165) is 5.41 Å². The molecule has 0 aliphatic carbocycles. The van der Waals surface area contributed by atoms with E-state index in [2.05, 4.69) is 10.3 Å². The van der Waals surface area contributed by atoms with E-state index in [9.17, 15) is 13.2 Å². The summed E-state index contributed by atoms with van der Waals surface area (Å²) >= 11 is 0. The van der Waals surface area contributed by atoms with E-state index in [4.69, 9.17) is 0 Å². The van der Waals surface area contributed by atoms with E-state index in [1.165, 1.54) is 18.3 Å². The van der Waals surface area contributed by atoms with Gasteiger partial charge >= 0.3 is 0 Å². The Hall–Kier alpha value is -2.47. The van der Waals surface area contributed by atoms with Gasteiger partial charge in [0, 0.05) is 29.1 Å². The number of hydrogen-bond acceptors (Lipinski definition) is 4. The van der Waals surface area contributed by atoms with Crippen LogP contribution in [0.4, 0.5) is 5.69 Å². The van der Waals surface area contributed by atoms with Gasteiger partial charge in [-0.25, -0.2) is 8.42 Å². The molecule has 0 bridgehead atoms. The monoisotopic (exact) mass is 286 g/mol. The highest BCUT2D eigenvalue weighted by atomic mass is 32.2. The van der Waals surface area contributed by atoms with Crippen LogP contribution in [0.2, 0.25) is 0 Å². The molecule has 0 atom stereocenters. The number of benzene rings is 1. The number of aromatic nitrogens is 1. The van der Waals surface area contributed by atoms with Crippen LogP contribution < -0.4 is 5.32 Å². The van der Waals surface area contributed by atoms with E-state index in [-0.39, 0.29) is 10.8 Å². The third-order valence-electron chi connectivity index (χ3n) is 2.96. The van der Waals surface area contributed by atoms with Crippen LogP contribution in [0.1, 0.15) is 15.9 Å². The second-order valence-corrected chi connectivity index (χ2v) is 6.06. The summed E-state index contributed by atoms with van der Waals surface area (Å²) < 4.78 is 23.5. The molecule has 2 aromatic rings. The van der Waals surface area contributed by atoms with Gasteiger partial charge in [-0.3, -0.25) is 9.78 Å². The second kappa shape index (κ2) is 4.57. The van der Waals surface area contributed by atoms with Gasteiger partial charge in [-0.15, -0.1) is 0 Å². The first-order chi connectivity index (χ1) is 9.58. The molecule has 0 fully saturated rings. The molecule has 0 unspecified atom stereocenters. The molecular formula is C14H10N2O3S. The molecular weight excluding hydrogens is 276 g/mol. The predicted molar refractivity (Wildman–Crippen MR) is 74.9 cm³/mol. The molecule has 1 aliphatic heterocycles. The zero-order valence-electron chi connectivity index (χ0n) is 10.3. The van der Waals surface area contributed by atoms with Crippen LogP contribution in [0.25, 0.3) is 6.08 Å². The highest BCUT2D eigenvalue weighted by molar-refractivity contribution is 7.94. The van der Waals surface area contributed by atoms with Gasteiger partial charge in [0.05, 0.1) is 10.5 Å². The van der Waals surface area contributed by atoms with Gasteiger partial charge in [-0.2, -0.15) is 0 Å². The van der Waals surface area contributed by atoms with Crippen LogP contribution in [-0.4, -0.2) is 19.3 Å². The number of pyridine rings is 1. The van der Waals surface area contributed by atoms with Gasteiger partial charge < -0.3 is 5.32 Å². The van der Waals surface area contributed by atoms with E-state index >= 15 is 0 Å². The maximum Gasteiger partial charge on any atom is 0.257 e. The number of sulfone groups is 1. The molecule has 20 heavy (non-hydrogen) atoms. The smallest absolute Gasteiger partial charge is 0.257 e. The topological polar surface area (TPSA) is 76.1 Å². The summed E-state index contributed by atoms with van der Waals surface area (Å²) in [6.45, 7) is 0. The summed E-state index contributed by atoms with van der Waals surface area (Å²) in [5.74, 6) is -0.329. The Balaban J connectivity index is 1.96. The number of nitrogens with one attached hydrogen (secondary N) is 1. The van der Waals surface area contributed by atoms with E-state index in [0.29, 0.717) is 16.8 Å². The Labute approximate surface area is 115 Å². The number of amides is 1. The van der Waals surface area contributed by atoms with Crippen molar-refractivity contribution in [1.29, 1.82) is 0 Å². The first-order valence-corrected chi connectivity index (χ1v) is 7.40. The second-order valence-electron chi connectivity index (χ2n) is 4.26. The average molecular weight is 286 g/mol. The van der Waals surface area contributed by atoms with Crippen LogP contribution >= 0.6 is 0 Å². The summed E-state index contributed by atoms with van der Waals surface area (Å²) in [6, 6.07) is 8.08. The van der Waals surface area contributed by atoms with Crippen molar-refractivity contribution >= 4 is 27.5 Å². The molecule has 1 aliphatic rings. The fourth-order valence-corrected chi connectivity index (χ4v) is 3.21. The van der Waals surface area contributed by atoms with Crippen molar-refractivity contribution in [3.63, 3.8) is 0 Å². The summed E-state index contributed by atoms with van der Waals surface area (Å²) in [6.07, 6.45) is 4.51. The third-order valence-corrected chi connectivity index (χ3v) is 4.42. The summed E-state index contributed by atoms with van der Waals surface area (Å²) in [5, 5.41) is 3.84. The fraction of sp³-hybridized carbons (Fsp3) is 0. The first-order valence-electron chi connectivity index (χ1n) is 5.85. The lowest BCUT2D eigenvalue weighted by Gasteiger charge is -2.08. The number of anilines is 1. The van der Waals surface area contributed by atoms with Gasteiger partial charge in [0.1, 0.15) is 0 Å². The van der Waals surface area contributed by atoms with Gasteiger partial charge in [-0.1, -0.05) is 6.07 Å². The number of nitrogens with zero attached hydrogens (tertiary/aromatic N) is 1. The predicted octanol–water partition coefficient (Wildman–Crippen LogP) is 2.09. The van der Waals surface area contributed by atoms with Crippen molar-refractivity contribution in [3.05, 3.63) is 59.3 Å². The zero-order valence-corrected chi connectivity index (χ0v) is 11.1. The van der Waals surface area contributed by atoms with Crippen molar-refractivity contribution in [1.82, 2.24) is 4.98 Å². The maximum atomic E-state index is 12.1. The molecule has 0 saturated heterocycles. The molecule has 3 rings (SSSR count). The molecule has 0 spiro atoms. The summed E-state index contributed by atoms with van der Waals surface area (Å²) in [4.78, 5) is 16.1.